The Morgan fingerprint density at radius 1 is 1.47 bits per heavy atom. The topological polar surface area (TPSA) is 78.3 Å². The Balaban J connectivity index is 2.67. The van der Waals surface area contributed by atoms with Gasteiger partial charge in [0.05, 0.1) is 5.56 Å². The lowest BCUT2D eigenvalue weighted by molar-refractivity contribution is 0.0920. The summed E-state index contributed by atoms with van der Waals surface area (Å²) >= 11 is 0. The van der Waals surface area contributed by atoms with E-state index < -0.39 is 5.63 Å². The Morgan fingerprint density at radius 2 is 2.11 bits per heavy atom. The first-order valence-electron chi connectivity index (χ1n) is 6.55. The van der Waals surface area contributed by atoms with Crippen molar-refractivity contribution in [1.82, 2.24) is 15.4 Å². The molecule has 19 heavy (non-hydrogen) atoms. The average molecular weight is 269 g/mol. The van der Waals surface area contributed by atoms with Crippen molar-refractivity contribution in [2.45, 2.75) is 33.7 Å². The second-order valence-electron chi connectivity index (χ2n) is 5.09. The fraction of sp³-hybridized carbons (Fsp3) is 0.692. The molecule has 1 aromatic rings. The lowest BCUT2D eigenvalue weighted by Gasteiger charge is -2.30. The molecule has 0 bridgehead atoms. The number of hydrogen-bond donors (Lipinski definition) is 2. The van der Waals surface area contributed by atoms with Gasteiger partial charge in [-0.25, -0.2) is 9.95 Å². The van der Waals surface area contributed by atoms with E-state index in [1.54, 1.807) is 6.92 Å². The molecule has 0 spiro atoms. The van der Waals surface area contributed by atoms with Gasteiger partial charge in [-0.05, 0) is 26.4 Å². The van der Waals surface area contributed by atoms with Gasteiger partial charge in [-0.2, -0.15) is 0 Å². The highest BCUT2D eigenvalue weighted by molar-refractivity contribution is 5.93. The summed E-state index contributed by atoms with van der Waals surface area (Å²) in [4.78, 5) is 25.3. The van der Waals surface area contributed by atoms with Crippen LogP contribution in [0.25, 0.3) is 0 Å². The van der Waals surface area contributed by atoms with Gasteiger partial charge in [0.2, 0.25) is 0 Å². The van der Waals surface area contributed by atoms with Crippen LogP contribution < -0.4 is 10.9 Å². The van der Waals surface area contributed by atoms with Gasteiger partial charge in [-0.15, -0.1) is 0 Å². The number of nitrogens with one attached hydrogen (secondary N) is 2. The van der Waals surface area contributed by atoms with Crippen LogP contribution in [0.15, 0.2) is 9.32 Å². The van der Waals surface area contributed by atoms with Crippen LogP contribution in [-0.4, -0.2) is 42.1 Å². The van der Waals surface area contributed by atoms with Crippen LogP contribution in [0.1, 0.15) is 36.8 Å². The van der Waals surface area contributed by atoms with E-state index in [0.717, 1.165) is 6.54 Å². The standard InChI is InChI=1S/C13H23N3O3/c1-6-16(5)10(8(2)3)7-14-12(17)11-9(4)13(18)19-15-11/h8,10,15H,6-7H2,1-5H3,(H,14,17). The molecule has 0 saturated heterocycles. The van der Waals surface area contributed by atoms with Gasteiger partial charge < -0.3 is 14.7 Å². The molecule has 6 heteroatoms. The average Bonchev–Trinajstić information content (AvgIpc) is 2.69. The fourth-order valence-corrected chi connectivity index (χ4v) is 1.99. The van der Waals surface area contributed by atoms with Crippen molar-refractivity contribution in [2.24, 2.45) is 5.92 Å². The highest BCUT2D eigenvalue weighted by Gasteiger charge is 2.20. The Labute approximate surface area is 113 Å². The minimum absolute atomic E-state index is 0.201. The predicted octanol–water partition coefficient (Wildman–Crippen LogP) is 0.982. The normalized spacial score (nSPS) is 13.0. The van der Waals surface area contributed by atoms with E-state index in [9.17, 15) is 9.59 Å². The molecule has 0 aromatic carbocycles. The molecule has 0 saturated carbocycles. The molecule has 108 valence electrons. The zero-order valence-electron chi connectivity index (χ0n) is 12.2. The number of aromatic nitrogens is 1. The summed E-state index contributed by atoms with van der Waals surface area (Å²) in [5.41, 5.74) is 0.00494. The maximum Gasteiger partial charge on any atom is 0.360 e. The smallest absolute Gasteiger partial charge is 0.349 e. The van der Waals surface area contributed by atoms with E-state index in [4.69, 9.17) is 0 Å². The number of carbonyl (C=O) groups is 1. The van der Waals surface area contributed by atoms with Gasteiger partial charge in [0.15, 0.2) is 0 Å². The molecular formula is C13H23N3O3. The van der Waals surface area contributed by atoms with Crippen molar-refractivity contribution in [1.29, 1.82) is 0 Å². The number of carbonyl (C=O) groups excluding carboxylic acids is 1. The molecule has 0 radical (unpaired) electrons. The monoisotopic (exact) mass is 269 g/mol. The summed E-state index contributed by atoms with van der Waals surface area (Å²) in [5, 5.41) is 5.20. The van der Waals surface area contributed by atoms with Gasteiger partial charge in [0.1, 0.15) is 5.69 Å². The molecule has 1 amide bonds. The number of aromatic amines is 1. The van der Waals surface area contributed by atoms with E-state index in [1.807, 2.05) is 7.05 Å². The highest BCUT2D eigenvalue weighted by Crippen LogP contribution is 2.08. The van der Waals surface area contributed by atoms with Gasteiger partial charge in [-0.3, -0.25) is 4.79 Å². The lowest BCUT2D eigenvalue weighted by atomic mass is 10.0. The zero-order valence-corrected chi connectivity index (χ0v) is 12.2. The van der Waals surface area contributed by atoms with Gasteiger partial charge >= 0.3 is 5.63 Å². The van der Waals surface area contributed by atoms with Gasteiger partial charge in [0, 0.05) is 12.6 Å². The van der Waals surface area contributed by atoms with Crippen molar-refractivity contribution < 1.29 is 9.32 Å². The highest BCUT2D eigenvalue weighted by atomic mass is 16.5. The minimum Gasteiger partial charge on any atom is -0.349 e. The van der Waals surface area contributed by atoms with Crippen LogP contribution in [0.2, 0.25) is 0 Å². The Hall–Kier alpha value is -1.56. The first-order chi connectivity index (χ1) is 8.88. The lowest BCUT2D eigenvalue weighted by Crippen LogP contribution is -2.45. The molecule has 1 aromatic heterocycles. The van der Waals surface area contributed by atoms with Crippen LogP contribution in [0.5, 0.6) is 0 Å². The largest absolute Gasteiger partial charge is 0.360 e. The molecule has 1 rings (SSSR count). The van der Waals surface area contributed by atoms with Crippen LogP contribution in [0.3, 0.4) is 0 Å². The second-order valence-corrected chi connectivity index (χ2v) is 5.09. The number of H-pyrrole nitrogens is 1. The third-order valence-corrected chi connectivity index (χ3v) is 3.46. The molecule has 2 N–H and O–H groups in total. The van der Waals surface area contributed by atoms with E-state index in [-0.39, 0.29) is 17.6 Å². The molecule has 6 nitrogen and oxygen atoms in total. The Bertz CT molecular complexity index is 476. The van der Waals surface area contributed by atoms with Crippen LogP contribution in [-0.2, 0) is 0 Å². The quantitative estimate of drug-likeness (QED) is 0.807. The van der Waals surface area contributed by atoms with Crippen LogP contribution in [0, 0.1) is 12.8 Å². The molecule has 0 fully saturated rings. The maximum atomic E-state index is 12.0. The van der Waals surface area contributed by atoms with Gasteiger partial charge in [0.25, 0.3) is 5.91 Å². The van der Waals surface area contributed by atoms with Crippen molar-refractivity contribution in [3.63, 3.8) is 0 Å². The van der Waals surface area contributed by atoms with E-state index in [1.165, 1.54) is 0 Å². The van der Waals surface area contributed by atoms with Crippen molar-refractivity contribution >= 4 is 5.91 Å². The maximum absolute atomic E-state index is 12.0. The number of nitrogens with zero attached hydrogens (tertiary/aromatic N) is 1. The summed E-state index contributed by atoms with van der Waals surface area (Å²) in [6.45, 7) is 9.33. The summed E-state index contributed by atoms with van der Waals surface area (Å²) in [6.07, 6.45) is 0. The summed E-state index contributed by atoms with van der Waals surface area (Å²) in [7, 11) is 2.03. The fourth-order valence-electron chi connectivity index (χ4n) is 1.99. The molecule has 1 heterocycles. The van der Waals surface area contributed by atoms with E-state index >= 15 is 0 Å². The summed E-state index contributed by atoms with van der Waals surface area (Å²) < 4.78 is 4.59. The number of amides is 1. The summed E-state index contributed by atoms with van der Waals surface area (Å²) in [6, 6.07) is 0.257. The molecule has 0 aliphatic heterocycles. The third-order valence-electron chi connectivity index (χ3n) is 3.46. The van der Waals surface area contributed by atoms with Crippen LogP contribution in [0.4, 0.5) is 0 Å². The number of hydrogen-bond acceptors (Lipinski definition) is 4. The zero-order chi connectivity index (χ0) is 14.6. The minimum atomic E-state index is -0.503. The predicted molar refractivity (Wildman–Crippen MR) is 73.3 cm³/mol. The van der Waals surface area contributed by atoms with Gasteiger partial charge in [-0.1, -0.05) is 20.8 Å². The number of likely N-dealkylation sites (N-methyl/N-ethyl adjacent to an activating group) is 1. The molecule has 0 aliphatic carbocycles. The SMILES string of the molecule is CCN(C)C(CNC(=O)c1[nH]oc(=O)c1C)C(C)C. The molecule has 1 atom stereocenters. The molecular weight excluding hydrogens is 246 g/mol. The number of rotatable bonds is 6. The molecule has 0 aliphatic rings. The Kier molecular flexibility index (Phi) is 5.35. The van der Waals surface area contributed by atoms with Crippen molar-refractivity contribution in [2.75, 3.05) is 20.1 Å². The molecule has 1 unspecified atom stereocenters. The third kappa shape index (κ3) is 3.70. The van der Waals surface area contributed by atoms with Crippen LogP contribution >= 0.6 is 0 Å². The van der Waals surface area contributed by atoms with Crippen molar-refractivity contribution in [3.8, 4) is 0 Å². The first-order valence-corrected chi connectivity index (χ1v) is 6.55. The van der Waals surface area contributed by atoms with E-state index in [2.05, 4.69) is 40.7 Å². The second kappa shape index (κ2) is 6.56. The van der Waals surface area contributed by atoms with E-state index in [0.29, 0.717) is 18.0 Å². The Morgan fingerprint density at radius 3 is 2.53 bits per heavy atom. The summed E-state index contributed by atoms with van der Waals surface area (Å²) in [5.74, 6) is 0.119. The first kappa shape index (κ1) is 15.5. The van der Waals surface area contributed by atoms with Crippen molar-refractivity contribution in [3.05, 3.63) is 21.7 Å².